The number of benzene rings is 3. The van der Waals surface area contributed by atoms with Crippen LogP contribution >= 0.6 is 23.2 Å². The summed E-state index contributed by atoms with van der Waals surface area (Å²) in [6.07, 6.45) is -1.17. The summed E-state index contributed by atoms with van der Waals surface area (Å²) in [4.78, 5) is 17.1. The van der Waals surface area contributed by atoms with Crippen molar-refractivity contribution >= 4 is 40.1 Å². The number of carboxylic acids is 1. The van der Waals surface area contributed by atoms with E-state index < -0.39 is 17.7 Å². The second-order valence-electron chi connectivity index (χ2n) is 9.21. The number of hydrogen-bond donors (Lipinski definition) is 1. The van der Waals surface area contributed by atoms with Gasteiger partial charge in [-0.1, -0.05) is 35.3 Å². The molecule has 0 fully saturated rings. The Morgan fingerprint density at radius 1 is 0.943 bits per heavy atom. The Labute approximate surface area is 214 Å². The van der Waals surface area contributed by atoms with E-state index in [1.54, 1.807) is 42.5 Å². The molecule has 1 heterocycles. The third kappa shape index (κ3) is 5.76. The first kappa shape index (κ1) is 25.0. The van der Waals surface area contributed by atoms with Crippen LogP contribution in [0.2, 0.25) is 10.0 Å². The zero-order chi connectivity index (χ0) is 25.3. The molecule has 35 heavy (non-hydrogen) atoms. The van der Waals surface area contributed by atoms with Crippen LogP contribution in [-0.4, -0.2) is 21.7 Å². The van der Waals surface area contributed by atoms with Gasteiger partial charge in [-0.25, -0.2) is 9.78 Å². The van der Waals surface area contributed by atoms with E-state index in [2.05, 4.69) is 0 Å². The van der Waals surface area contributed by atoms with E-state index in [0.29, 0.717) is 32.8 Å². The summed E-state index contributed by atoms with van der Waals surface area (Å²) in [7, 11) is 0. The third-order valence-electron chi connectivity index (χ3n) is 5.34. The number of rotatable bonds is 6. The monoisotopic (exact) mass is 509 g/mol. The van der Waals surface area contributed by atoms with Gasteiger partial charge in [0.25, 0.3) is 0 Å². The summed E-state index contributed by atoms with van der Waals surface area (Å²) in [5.41, 5.74) is 2.87. The molecule has 1 atom stereocenters. The van der Waals surface area contributed by atoms with Gasteiger partial charge < -0.3 is 14.6 Å². The Kier molecular flexibility index (Phi) is 7.04. The Morgan fingerprint density at radius 3 is 2.11 bits per heavy atom. The molecule has 0 bridgehead atoms. The quantitative estimate of drug-likeness (QED) is 0.283. The van der Waals surface area contributed by atoms with E-state index >= 15 is 0 Å². The first-order valence-electron chi connectivity index (χ1n) is 11.1. The van der Waals surface area contributed by atoms with E-state index in [-0.39, 0.29) is 0 Å². The molecule has 0 aliphatic carbocycles. The van der Waals surface area contributed by atoms with Crippen LogP contribution in [0.25, 0.3) is 22.0 Å². The van der Waals surface area contributed by atoms with Crippen molar-refractivity contribution in [3.8, 4) is 22.8 Å². The smallest absolute Gasteiger partial charge is 0.337 e. The molecule has 0 radical (unpaired) electrons. The lowest BCUT2D eigenvalue weighted by Gasteiger charge is -2.28. The van der Waals surface area contributed by atoms with Gasteiger partial charge in [-0.2, -0.15) is 0 Å². The lowest BCUT2D eigenvalue weighted by atomic mass is 9.88. The molecular formula is C28H25Cl2NO4. The predicted molar refractivity (Wildman–Crippen MR) is 140 cm³/mol. The molecule has 0 saturated carbocycles. The molecule has 3 aromatic carbocycles. The summed E-state index contributed by atoms with van der Waals surface area (Å²) < 4.78 is 12.0. The number of fused-ring (bicyclic) bond motifs is 1. The van der Waals surface area contributed by atoms with E-state index in [4.69, 9.17) is 37.7 Å². The predicted octanol–water partition coefficient (Wildman–Crippen LogP) is 8.25. The maximum absolute atomic E-state index is 12.4. The van der Waals surface area contributed by atoms with Crippen LogP contribution in [0.5, 0.6) is 11.6 Å². The average Bonchev–Trinajstić information content (AvgIpc) is 2.78. The van der Waals surface area contributed by atoms with Crippen molar-refractivity contribution in [2.75, 3.05) is 0 Å². The van der Waals surface area contributed by atoms with Crippen LogP contribution in [0, 0.1) is 6.92 Å². The number of nitrogens with zero attached hydrogens (tertiary/aromatic N) is 1. The Balaban J connectivity index is 1.92. The zero-order valence-corrected chi connectivity index (χ0v) is 21.3. The maximum atomic E-state index is 12.4. The van der Waals surface area contributed by atoms with Crippen molar-refractivity contribution in [1.82, 2.24) is 4.98 Å². The molecule has 1 unspecified atom stereocenters. The number of aromatic nitrogens is 1. The van der Waals surface area contributed by atoms with Gasteiger partial charge >= 0.3 is 5.97 Å². The number of carboxylic acid groups (broad SMARTS) is 1. The van der Waals surface area contributed by atoms with Gasteiger partial charge in [0.2, 0.25) is 5.88 Å². The lowest BCUT2D eigenvalue weighted by Crippen LogP contribution is -2.28. The molecule has 5 nitrogen and oxygen atoms in total. The highest BCUT2D eigenvalue weighted by Crippen LogP contribution is 2.41. The summed E-state index contributed by atoms with van der Waals surface area (Å²) in [6, 6.07) is 19.8. The Hall–Kier alpha value is -3.12. The average molecular weight is 510 g/mol. The summed E-state index contributed by atoms with van der Waals surface area (Å²) >= 11 is 12.1. The van der Waals surface area contributed by atoms with Crippen molar-refractivity contribution in [2.24, 2.45) is 0 Å². The van der Waals surface area contributed by atoms with Gasteiger partial charge in [-0.3, -0.25) is 0 Å². The van der Waals surface area contributed by atoms with E-state index in [1.165, 1.54) is 0 Å². The van der Waals surface area contributed by atoms with Crippen molar-refractivity contribution in [3.05, 3.63) is 87.9 Å². The lowest BCUT2D eigenvalue weighted by molar-refractivity contribution is -0.160. The molecule has 0 saturated heterocycles. The number of halogens is 2. The number of ether oxygens (including phenoxy) is 2. The maximum Gasteiger partial charge on any atom is 0.337 e. The number of aryl methyl sites for hydroxylation is 1. The van der Waals surface area contributed by atoms with Crippen LogP contribution in [-0.2, 0) is 9.53 Å². The largest absolute Gasteiger partial charge is 0.479 e. The third-order valence-corrected chi connectivity index (χ3v) is 5.85. The molecule has 1 aromatic heterocycles. The van der Waals surface area contributed by atoms with E-state index in [9.17, 15) is 9.90 Å². The fraction of sp³-hybridized carbons (Fsp3) is 0.214. The van der Waals surface area contributed by atoms with E-state index in [1.807, 2.05) is 52.0 Å². The highest BCUT2D eigenvalue weighted by atomic mass is 35.5. The van der Waals surface area contributed by atoms with E-state index in [0.717, 1.165) is 22.1 Å². The molecule has 180 valence electrons. The Bertz CT molecular complexity index is 1380. The van der Waals surface area contributed by atoms with Crippen LogP contribution in [0.1, 0.15) is 38.0 Å². The van der Waals surface area contributed by atoms with Gasteiger partial charge in [-0.15, -0.1) is 0 Å². The molecule has 4 aromatic rings. The SMILES string of the molecule is Cc1cc2nc(Oc3ccc(Cl)cc3)ccc2c(-c2ccc(Cl)cc2)c1C(OC(C)(C)C)C(=O)O. The second-order valence-corrected chi connectivity index (χ2v) is 10.1. The van der Waals surface area contributed by atoms with Gasteiger partial charge in [0.1, 0.15) is 5.75 Å². The molecular weight excluding hydrogens is 485 g/mol. The second kappa shape index (κ2) is 9.86. The van der Waals surface area contributed by atoms with Crippen LogP contribution < -0.4 is 4.74 Å². The topological polar surface area (TPSA) is 68.7 Å². The van der Waals surface area contributed by atoms with Crippen molar-refractivity contribution in [2.45, 2.75) is 39.4 Å². The summed E-state index contributed by atoms with van der Waals surface area (Å²) in [6.45, 7) is 7.38. The fourth-order valence-electron chi connectivity index (χ4n) is 3.93. The molecule has 1 N–H and O–H groups in total. The van der Waals surface area contributed by atoms with Gasteiger partial charge in [0, 0.05) is 27.1 Å². The molecule has 0 spiro atoms. The van der Waals surface area contributed by atoms with Gasteiger partial charge in [0.05, 0.1) is 11.1 Å². The van der Waals surface area contributed by atoms with Gasteiger partial charge in [0.15, 0.2) is 6.10 Å². The van der Waals surface area contributed by atoms with Crippen LogP contribution in [0.4, 0.5) is 0 Å². The van der Waals surface area contributed by atoms with Crippen molar-refractivity contribution in [1.29, 1.82) is 0 Å². The number of carbonyl (C=O) groups is 1. The normalized spacial score (nSPS) is 12.5. The molecule has 0 aliphatic heterocycles. The minimum atomic E-state index is -1.17. The van der Waals surface area contributed by atoms with Crippen molar-refractivity contribution in [3.63, 3.8) is 0 Å². The highest BCUT2D eigenvalue weighted by Gasteiger charge is 2.31. The minimum absolute atomic E-state index is 0.412. The van der Waals surface area contributed by atoms with Crippen LogP contribution in [0.15, 0.2) is 66.7 Å². The van der Waals surface area contributed by atoms with Gasteiger partial charge in [-0.05, 0) is 92.9 Å². The standard InChI is InChI=1S/C28H25Cl2NO4/c1-16-15-22-21(13-14-23(31-22)34-20-11-9-19(30)10-12-20)25(17-5-7-18(29)8-6-17)24(16)26(27(32)33)35-28(2,3)4/h5-15,26H,1-4H3,(H,32,33). The molecule has 4 rings (SSSR count). The number of pyridine rings is 1. The zero-order valence-electron chi connectivity index (χ0n) is 19.8. The Morgan fingerprint density at radius 2 is 1.54 bits per heavy atom. The van der Waals surface area contributed by atoms with Crippen molar-refractivity contribution < 1.29 is 19.4 Å². The number of hydrogen-bond acceptors (Lipinski definition) is 4. The molecule has 0 aliphatic rings. The van der Waals surface area contributed by atoms with Crippen LogP contribution in [0.3, 0.4) is 0 Å². The first-order valence-corrected chi connectivity index (χ1v) is 11.8. The number of aliphatic carboxylic acids is 1. The molecule has 7 heteroatoms. The summed E-state index contributed by atoms with van der Waals surface area (Å²) in [5, 5.41) is 12.1. The minimum Gasteiger partial charge on any atom is -0.479 e. The fourth-order valence-corrected chi connectivity index (χ4v) is 4.19. The summed E-state index contributed by atoms with van der Waals surface area (Å²) in [5.74, 6) is -0.0416. The molecule has 0 amide bonds. The highest BCUT2D eigenvalue weighted by molar-refractivity contribution is 6.30. The first-order chi connectivity index (χ1) is 16.5.